The van der Waals surface area contributed by atoms with Crippen LogP contribution in [-0.2, 0) is 6.54 Å². The lowest BCUT2D eigenvalue weighted by Gasteiger charge is -2.20. The third-order valence-electron chi connectivity index (χ3n) is 3.62. The Hall–Kier alpha value is -1.82. The number of furan rings is 1. The Kier molecular flexibility index (Phi) is 4.55. The maximum atomic E-state index is 6.10. The van der Waals surface area contributed by atoms with Gasteiger partial charge in [0.2, 0.25) is 0 Å². The molecule has 3 heterocycles. The van der Waals surface area contributed by atoms with Crippen molar-refractivity contribution in [1.82, 2.24) is 9.88 Å². The minimum atomic E-state index is 0.527. The lowest BCUT2D eigenvalue weighted by Crippen LogP contribution is -2.38. The molecule has 0 atom stereocenters. The van der Waals surface area contributed by atoms with E-state index in [1.807, 2.05) is 17.5 Å². The molecule has 0 bridgehead atoms. The van der Waals surface area contributed by atoms with Crippen LogP contribution in [0.3, 0.4) is 0 Å². The van der Waals surface area contributed by atoms with Gasteiger partial charge in [-0.2, -0.15) is 0 Å². The smallest absolute Gasteiger partial charge is 0.191 e. The van der Waals surface area contributed by atoms with Gasteiger partial charge in [-0.3, -0.25) is 0 Å². The largest absolute Gasteiger partial charge is 0.462 e. The van der Waals surface area contributed by atoms with Crippen LogP contribution in [0.5, 0.6) is 0 Å². The monoisotopic (exact) mass is 304 g/mol. The second-order valence-corrected chi connectivity index (χ2v) is 6.06. The maximum absolute atomic E-state index is 6.10. The highest BCUT2D eigenvalue weighted by Gasteiger charge is 2.11. The zero-order valence-electron chi connectivity index (χ0n) is 12.0. The number of hydrogen-bond donors (Lipinski definition) is 1. The Morgan fingerprint density at radius 1 is 1.33 bits per heavy atom. The molecular weight excluding hydrogens is 284 g/mol. The van der Waals surface area contributed by atoms with E-state index >= 15 is 0 Å². The second kappa shape index (κ2) is 6.76. The van der Waals surface area contributed by atoms with Crippen molar-refractivity contribution in [3.05, 3.63) is 29.5 Å². The number of guanidine groups is 1. The number of aliphatic imine (C=N–C) groups is 1. The Labute approximate surface area is 128 Å². The van der Waals surface area contributed by atoms with E-state index in [4.69, 9.17) is 10.2 Å². The minimum absolute atomic E-state index is 0.527. The van der Waals surface area contributed by atoms with E-state index in [1.54, 1.807) is 17.6 Å². The number of nitrogens with two attached hydrogens (primary N) is 1. The minimum Gasteiger partial charge on any atom is -0.462 e. The molecule has 2 N–H and O–H groups in total. The summed E-state index contributed by atoms with van der Waals surface area (Å²) in [6.45, 7) is 2.56. The topological polar surface area (TPSA) is 67.6 Å². The first-order valence-corrected chi connectivity index (χ1v) is 8.24. The van der Waals surface area contributed by atoms with Gasteiger partial charge in [0.1, 0.15) is 0 Å². The van der Waals surface area contributed by atoms with Crippen LogP contribution in [0.1, 0.15) is 31.4 Å². The summed E-state index contributed by atoms with van der Waals surface area (Å²) in [6.07, 6.45) is 6.65. The van der Waals surface area contributed by atoms with Gasteiger partial charge < -0.3 is 15.1 Å². The highest BCUT2D eigenvalue weighted by Crippen LogP contribution is 2.24. The van der Waals surface area contributed by atoms with Gasteiger partial charge in [-0.15, -0.1) is 11.3 Å². The number of rotatable bonds is 3. The van der Waals surface area contributed by atoms with Crippen molar-refractivity contribution in [1.29, 1.82) is 0 Å². The molecule has 3 rings (SSSR count). The Balaban J connectivity index is 1.62. The third-order valence-corrected chi connectivity index (χ3v) is 4.52. The van der Waals surface area contributed by atoms with E-state index in [2.05, 4.69) is 14.9 Å². The molecule has 0 aliphatic carbocycles. The summed E-state index contributed by atoms with van der Waals surface area (Å²) in [7, 11) is 0. The molecule has 1 saturated heterocycles. The third kappa shape index (κ3) is 3.64. The van der Waals surface area contributed by atoms with E-state index in [0.717, 1.165) is 29.6 Å². The van der Waals surface area contributed by atoms with Crippen molar-refractivity contribution < 1.29 is 4.42 Å². The van der Waals surface area contributed by atoms with Gasteiger partial charge in [0.25, 0.3) is 0 Å². The maximum Gasteiger partial charge on any atom is 0.191 e. The molecule has 6 heteroatoms. The molecule has 2 aromatic heterocycles. The number of likely N-dealkylation sites (tertiary alicyclic amines) is 1. The van der Waals surface area contributed by atoms with Gasteiger partial charge in [-0.25, -0.2) is 9.98 Å². The molecule has 0 spiro atoms. The SMILES string of the molecule is NC(=NCc1csc(-c2ccco2)n1)N1CCCCCC1. The molecule has 112 valence electrons. The zero-order chi connectivity index (χ0) is 14.5. The lowest BCUT2D eigenvalue weighted by molar-refractivity contribution is 0.428. The molecular formula is C15H20N4OS. The van der Waals surface area contributed by atoms with Crippen molar-refractivity contribution in [3.63, 3.8) is 0 Å². The van der Waals surface area contributed by atoms with Crippen LogP contribution in [-0.4, -0.2) is 28.9 Å². The van der Waals surface area contributed by atoms with Crippen molar-refractivity contribution in [2.45, 2.75) is 32.2 Å². The highest BCUT2D eigenvalue weighted by molar-refractivity contribution is 7.13. The van der Waals surface area contributed by atoms with Crippen LogP contribution in [0.2, 0.25) is 0 Å². The summed E-state index contributed by atoms with van der Waals surface area (Å²) < 4.78 is 5.35. The van der Waals surface area contributed by atoms with E-state index < -0.39 is 0 Å². The van der Waals surface area contributed by atoms with Gasteiger partial charge in [0.15, 0.2) is 16.7 Å². The van der Waals surface area contributed by atoms with E-state index in [9.17, 15) is 0 Å². The van der Waals surface area contributed by atoms with Crippen LogP contribution >= 0.6 is 11.3 Å². The summed E-state index contributed by atoms with van der Waals surface area (Å²) in [5.74, 6) is 1.44. The second-order valence-electron chi connectivity index (χ2n) is 5.20. The molecule has 0 radical (unpaired) electrons. The molecule has 5 nitrogen and oxygen atoms in total. The van der Waals surface area contributed by atoms with Gasteiger partial charge >= 0.3 is 0 Å². The first kappa shape index (κ1) is 14.1. The van der Waals surface area contributed by atoms with Crippen molar-refractivity contribution in [2.24, 2.45) is 10.7 Å². The van der Waals surface area contributed by atoms with Crippen molar-refractivity contribution in [3.8, 4) is 10.8 Å². The van der Waals surface area contributed by atoms with E-state index in [1.165, 1.54) is 25.7 Å². The molecule has 0 amide bonds. The van der Waals surface area contributed by atoms with Crippen molar-refractivity contribution >= 4 is 17.3 Å². The normalized spacial score (nSPS) is 17.0. The Bertz CT molecular complexity index is 583. The zero-order valence-corrected chi connectivity index (χ0v) is 12.8. The quantitative estimate of drug-likeness (QED) is 0.699. The summed E-state index contributed by atoms with van der Waals surface area (Å²) in [4.78, 5) is 11.2. The molecule has 1 aliphatic heterocycles. The van der Waals surface area contributed by atoms with Crippen LogP contribution in [0.4, 0.5) is 0 Å². The fraction of sp³-hybridized carbons (Fsp3) is 0.467. The summed E-state index contributed by atoms with van der Waals surface area (Å²) in [6, 6.07) is 3.78. The van der Waals surface area contributed by atoms with E-state index in [-0.39, 0.29) is 0 Å². The summed E-state index contributed by atoms with van der Waals surface area (Å²) in [5.41, 5.74) is 7.03. The number of nitrogens with zero attached hydrogens (tertiary/aromatic N) is 3. The molecule has 1 fully saturated rings. The average Bonchev–Trinajstić information content (AvgIpc) is 3.11. The number of aromatic nitrogens is 1. The molecule has 0 aromatic carbocycles. The van der Waals surface area contributed by atoms with Gasteiger partial charge in [0.05, 0.1) is 18.5 Å². The molecule has 2 aromatic rings. The van der Waals surface area contributed by atoms with Crippen molar-refractivity contribution in [2.75, 3.05) is 13.1 Å². The Morgan fingerprint density at radius 2 is 2.14 bits per heavy atom. The Morgan fingerprint density at radius 3 is 2.86 bits per heavy atom. The van der Waals surface area contributed by atoms with E-state index in [0.29, 0.717) is 12.5 Å². The molecule has 21 heavy (non-hydrogen) atoms. The van der Waals surface area contributed by atoms with Gasteiger partial charge in [-0.1, -0.05) is 12.8 Å². The lowest BCUT2D eigenvalue weighted by atomic mass is 10.2. The first-order chi connectivity index (χ1) is 10.3. The fourth-order valence-corrected chi connectivity index (χ4v) is 3.23. The predicted octanol–water partition coefficient (Wildman–Crippen LogP) is 3.09. The highest BCUT2D eigenvalue weighted by atomic mass is 32.1. The van der Waals surface area contributed by atoms with Gasteiger partial charge in [0, 0.05) is 18.5 Å². The number of hydrogen-bond acceptors (Lipinski definition) is 4. The fourth-order valence-electron chi connectivity index (χ4n) is 2.45. The standard InChI is InChI=1S/C15H20N4OS/c16-15(19-7-3-1-2-4-8-19)17-10-12-11-21-14(18-12)13-6-5-9-20-13/h5-6,9,11H,1-4,7-8,10H2,(H2,16,17). The molecule has 1 aliphatic rings. The first-order valence-electron chi connectivity index (χ1n) is 7.36. The predicted molar refractivity (Wildman–Crippen MR) is 85.2 cm³/mol. The van der Waals surface area contributed by atoms with Gasteiger partial charge in [-0.05, 0) is 25.0 Å². The average molecular weight is 304 g/mol. The summed E-state index contributed by atoms with van der Waals surface area (Å²) >= 11 is 1.57. The van der Waals surface area contributed by atoms with Crippen LogP contribution in [0.25, 0.3) is 10.8 Å². The van der Waals surface area contributed by atoms with Crippen LogP contribution in [0, 0.1) is 0 Å². The van der Waals surface area contributed by atoms with Crippen LogP contribution in [0.15, 0.2) is 33.2 Å². The molecule has 0 saturated carbocycles. The van der Waals surface area contributed by atoms with Crippen LogP contribution < -0.4 is 5.73 Å². The number of thiazole rings is 1. The molecule has 0 unspecified atom stereocenters. The summed E-state index contributed by atoms with van der Waals surface area (Å²) in [5, 5.41) is 2.90.